The first-order valence-electron chi connectivity index (χ1n) is 13.0. The number of nitrogens with zero attached hydrogens (tertiary/aromatic N) is 2. The Hall–Kier alpha value is -4.58. The van der Waals surface area contributed by atoms with Gasteiger partial charge >= 0.3 is 0 Å². The Labute approximate surface area is 243 Å². The van der Waals surface area contributed by atoms with Crippen LogP contribution in [0.4, 0.5) is 11.6 Å². The molecule has 0 bridgehead atoms. The van der Waals surface area contributed by atoms with E-state index in [9.17, 15) is 9.59 Å². The molecule has 1 atom stereocenters. The number of carbonyl (C=O) groups excluding carboxylic acids is 2. The van der Waals surface area contributed by atoms with Gasteiger partial charge in [0.25, 0.3) is 5.91 Å². The van der Waals surface area contributed by atoms with E-state index in [-0.39, 0.29) is 29.3 Å². The number of anilines is 2. The lowest BCUT2D eigenvalue weighted by Crippen LogP contribution is -2.36. The van der Waals surface area contributed by atoms with Gasteiger partial charge in [-0.2, -0.15) is 4.73 Å². The highest BCUT2D eigenvalue weighted by Crippen LogP contribution is 2.19. The molecule has 0 unspecified atom stereocenters. The number of ether oxygens (including phenoxy) is 2. The van der Waals surface area contributed by atoms with Crippen molar-refractivity contribution in [3.63, 3.8) is 0 Å². The Balaban J connectivity index is 1.41. The molecule has 11 heteroatoms. The number of hydrogen-bond acceptors (Lipinski definition) is 7. The molecule has 0 aliphatic carbocycles. The van der Waals surface area contributed by atoms with E-state index in [0.29, 0.717) is 38.2 Å². The fraction of sp³-hybridized carbons (Fsp3) is 0.200. The van der Waals surface area contributed by atoms with Crippen LogP contribution in [0.5, 0.6) is 0 Å². The van der Waals surface area contributed by atoms with E-state index >= 15 is 0 Å². The highest BCUT2D eigenvalue weighted by atomic mass is 32.1. The number of imidazole rings is 1. The van der Waals surface area contributed by atoms with Gasteiger partial charge in [0.15, 0.2) is 22.9 Å². The van der Waals surface area contributed by atoms with Crippen LogP contribution in [0.15, 0.2) is 97.3 Å². The van der Waals surface area contributed by atoms with Gasteiger partial charge in [-0.05, 0) is 35.5 Å². The normalized spacial score (nSPS) is 11.3. The van der Waals surface area contributed by atoms with E-state index in [1.165, 1.54) is 11.1 Å². The largest absolute Gasteiger partial charge is 0.405 e. The van der Waals surface area contributed by atoms with Crippen molar-refractivity contribution in [3.8, 4) is 0 Å². The second-order valence-corrected chi connectivity index (χ2v) is 9.27. The number of aromatic nitrogens is 2. The minimum Gasteiger partial charge on any atom is -0.405 e. The number of thiocarbonyl (C=S) groups is 1. The van der Waals surface area contributed by atoms with Crippen molar-refractivity contribution in [2.75, 3.05) is 23.8 Å². The molecular formula is C30H31N5O5S. The molecule has 2 amide bonds. The average molecular weight is 574 g/mol. The van der Waals surface area contributed by atoms with Crippen LogP contribution >= 0.6 is 12.2 Å². The van der Waals surface area contributed by atoms with Crippen molar-refractivity contribution in [1.82, 2.24) is 15.0 Å². The van der Waals surface area contributed by atoms with E-state index in [0.717, 1.165) is 11.1 Å². The molecule has 41 heavy (non-hydrogen) atoms. The summed E-state index contributed by atoms with van der Waals surface area (Å²) in [4.78, 5) is 34.2. The van der Waals surface area contributed by atoms with Gasteiger partial charge in [-0.3, -0.25) is 14.9 Å². The van der Waals surface area contributed by atoms with Crippen LogP contribution in [0.2, 0.25) is 0 Å². The maximum Gasteiger partial charge on any atom is 0.257 e. The van der Waals surface area contributed by atoms with Crippen molar-refractivity contribution in [2.24, 2.45) is 0 Å². The molecule has 3 aromatic carbocycles. The highest BCUT2D eigenvalue weighted by molar-refractivity contribution is 7.80. The van der Waals surface area contributed by atoms with Gasteiger partial charge in [0.2, 0.25) is 6.41 Å². The fourth-order valence-corrected chi connectivity index (χ4v) is 3.97. The van der Waals surface area contributed by atoms with Crippen LogP contribution in [0.3, 0.4) is 0 Å². The summed E-state index contributed by atoms with van der Waals surface area (Å²) in [7, 11) is 0. The highest BCUT2D eigenvalue weighted by Gasteiger charge is 2.19. The molecule has 3 N–H and O–H groups in total. The van der Waals surface area contributed by atoms with Gasteiger partial charge < -0.3 is 24.9 Å². The SMILES string of the molecule is O=CNc1ncn(O[C@H](CCOCc2ccccc2)COCc2ccccc2)c1NC(=S)NC(=O)c1ccccc1. The van der Waals surface area contributed by atoms with Crippen molar-refractivity contribution in [3.05, 3.63) is 114 Å². The van der Waals surface area contributed by atoms with Gasteiger partial charge in [-0.25, -0.2) is 4.98 Å². The predicted octanol–water partition coefficient (Wildman–Crippen LogP) is 4.20. The second-order valence-electron chi connectivity index (χ2n) is 8.86. The van der Waals surface area contributed by atoms with Gasteiger partial charge in [-0.15, -0.1) is 0 Å². The molecule has 0 aliphatic heterocycles. The number of hydrogen-bond donors (Lipinski definition) is 3. The van der Waals surface area contributed by atoms with Crippen molar-refractivity contribution in [2.45, 2.75) is 25.7 Å². The van der Waals surface area contributed by atoms with Gasteiger partial charge in [-0.1, -0.05) is 78.9 Å². The average Bonchev–Trinajstić information content (AvgIpc) is 3.36. The molecule has 0 aliphatic rings. The van der Waals surface area contributed by atoms with Crippen LogP contribution in [-0.2, 0) is 27.5 Å². The van der Waals surface area contributed by atoms with Gasteiger partial charge in [0.1, 0.15) is 6.33 Å². The number of amides is 2. The summed E-state index contributed by atoms with van der Waals surface area (Å²) in [5.74, 6) is 0.0112. The van der Waals surface area contributed by atoms with Crippen LogP contribution < -0.4 is 20.8 Å². The zero-order valence-corrected chi connectivity index (χ0v) is 23.1. The van der Waals surface area contributed by atoms with Crippen LogP contribution in [0, 0.1) is 0 Å². The molecule has 1 heterocycles. The summed E-state index contributed by atoms with van der Waals surface area (Å²) >= 11 is 5.35. The van der Waals surface area contributed by atoms with Crippen LogP contribution in [0.1, 0.15) is 27.9 Å². The third kappa shape index (κ3) is 9.53. The van der Waals surface area contributed by atoms with E-state index < -0.39 is 6.10 Å². The molecule has 0 saturated heterocycles. The summed E-state index contributed by atoms with van der Waals surface area (Å²) in [6, 6.07) is 28.4. The van der Waals surface area contributed by atoms with E-state index in [4.69, 9.17) is 26.5 Å². The molecule has 10 nitrogen and oxygen atoms in total. The first-order chi connectivity index (χ1) is 20.1. The minimum atomic E-state index is -0.444. The predicted molar refractivity (Wildman–Crippen MR) is 159 cm³/mol. The number of rotatable bonds is 15. The van der Waals surface area contributed by atoms with Gasteiger partial charge in [0.05, 0.1) is 26.4 Å². The summed E-state index contributed by atoms with van der Waals surface area (Å²) in [6.45, 7) is 1.55. The molecule has 212 valence electrons. The van der Waals surface area contributed by atoms with E-state index in [1.807, 2.05) is 66.7 Å². The quantitative estimate of drug-likeness (QED) is 0.110. The fourth-order valence-electron chi connectivity index (χ4n) is 3.78. The maximum atomic E-state index is 12.5. The first-order valence-corrected chi connectivity index (χ1v) is 13.4. The van der Waals surface area contributed by atoms with Crippen molar-refractivity contribution < 1.29 is 23.9 Å². The summed E-state index contributed by atoms with van der Waals surface area (Å²) in [5.41, 5.74) is 2.55. The monoisotopic (exact) mass is 573 g/mol. The van der Waals surface area contributed by atoms with Crippen molar-refractivity contribution >= 4 is 41.3 Å². The first kappa shape index (κ1) is 29.4. The third-order valence-corrected chi connectivity index (χ3v) is 6.00. The zero-order chi connectivity index (χ0) is 28.7. The third-order valence-electron chi connectivity index (χ3n) is 5.80. The summed E-state index contributed by atoms with van der Waals surface area (Å²) < 4.78 is 13.2. The lowest BCUT2D eigenvalue weighted by molar-refractivity contribution is -0.105. The van der Waals surface area contributed by atoms with E-state index in [1.54, 1.807) is 24.3 Å². The molecule has 0 spiro atoms. The minimum absolute atomic E-state index is 0.00113. The summed E-state index contributed by atoms with van der Waals surface area (Å²) in [5, 5.41) is 8.03. The Bertz CT molecular complexity index is 1390. The Morgan fingerprint density at radius 1 is 0.902 bits per heavy atom. The van der Waals surface area contributed by atoms with Gasteiger partial charge in [0, 0.05) is 12.0 Å². The molecule has 0 fully saturated rings. The molecule has 1 aromatic heterocycles. The second kappa shape index (κ2) is 15.9. The topological polar surface area (TPSA) is 116 Å². The lowest BCUT2D eigenvalue weighted by Gasteiger charge is -2.21. The Morgan fingerprint density at radius 2 is 1.51 bits per heavy atom. The molecule has 4 rings (SSSR count). The molecule has 4 aromatic rings. The Morgan fingerprint density at radius 3 is 2.15 bits per heavy atom. The molecule has 0 radical (unpaired) electrons. The van der Waals surface area contributed by atoms with E-state index in [2.05, 4.69) is 20.9 Å². The number of carbonyl (C=O) groups is 2. The van der Waals surface area contributed by atoms with Crippen molar-refractivity contribution in [1.29, 1.82) is 0 Å². The maximum absolute atomic E-state index is 12.5. The molecular weight excluding hydrogens is 542 g/mol. The standard InChI is InChI=1S/C30H31N5O5S/c36-22-32-27-28(33-30(41)34-29(37)25-14-8-3-9-15-25)35(21-31-27)40-26(20-39-19-24-12-6-2-7-13-24)16-17-38-18-23-10-4-1-5-11-23/h1-15,21-22,26H,16-20H2,(H,32,36)(H2,33,34,37,41)/t26-/m1/s1. The smallest absolute Gasteiger partial charge is 0.257 e. The Kier molecular flexibility index (Phi) is 11.4. The van der Waals surface area contributed by atoms with Crippen LogP contribution in [-0.4, -0.2) is 46.5 Å². The molecule has 0 saturated carbocycles. The zero-order valence-electron chi connectivity index (χ0n) is 22.3. The lowest BCUT2D eigenvalue weighted by atomic mass is 10.2. The van der Waals surface area contributed by atoms with Crippen LogP contribution in [0.25, 0.3) is 0 Å². The number of benzene rings is 3. The summed E-state index contributed by atoms with van der Waals surface area (Å²) in [6.07, 6.45) is 1.94. The number of nitrogens with one attached hydrogen (secondary N) is 3.